The number of allylic oxidation sites excluding steroid dienone is 2. The Bertz CT molecular complexity index is 1520. The summed E-state index contributed by atoms with van der Waals surface area (Å²) in [5, 5.41) is 7.39. The van der Waals surface area contributed by atoms with Gasteiger partial charge in [0.2, 0.25) is 0 Å². The highest BCUT2D eigenvalue weighted by Crippen LogP contribution is 2.43. The molecule has 2 rings (SSSR count). The van der Waals surface area contributed by atoms with Crippen LogP contribution in [0.5, 0.6) is 0 Å². The van der Waals surface area contributed by atoms with E-state index in [1.807, 2.05) is 41.5 Å². The summed E-state index contributed by atoms with van der Waals surface area (Å²) in [6, 6.07) is 0. The summed E-state index contributed by atoms with van der Waals surface area (Å²) in [5.74, 6) is 0.747. The van der Waals surface area contributed by atoms with Crippen molar-refractivity contribution >= 4 is 23.4 Å². The number of nitrogens with zero attached hydrogens (tertiary/aromatic N) is 2. The van der Waals surface area contributed by atoms with Crippen molar-refractivity contribution in [3.8, 4) is 0 Å². The molecule has 0 aromatic heterocycles. The first kappa shape index (κ1) is 54.8. The summed E-state index contributed by atoms with van der Waals surface area (Å²) in [6.07, 6.45) is 19.5. The van der Waals surface area contributed by atoms with Gasteiger partial charge in [-0.05, 0) is 139 Å². The maximum atomic E-state index is 14.3. The lowest BCUT2D eigenvalue weighted by Crippen LogP contribution is -2.63. The Morgan fingerprint density at radius 3 is 1.61 bits per heavy atom. The molecule has 1 unspecified atom stereocenters. The number of ether oxygens (including phenoxy) is 1. The van der Waals surface area contributed by atoms with Gasteiger partial charge in [-0.25, -0.2) is 4.79 Å². The Hall–Kier alpha value is -2.36. The predicted octanol–water partition coefficient (Wildman–Crippen LogP) is 11.6. The average Bonchev–Trinajstić information content (AvgIpc) is 3.72. The number of likely N-dealkylation sites (tertiary alicyclic amines) is 2. The summed E-state index contributed by atoms with van der Waals surface area (Å²) in [4.78, 5) is 59.0. The van der Waals surface area contributed by atoms with Crippen molar-refractivity contribution in [1.29, 1.82) is 0 Å². The van der Waals surface area contributed by atoms with Crippen LogP contribution < -0.4 is 10.6 Å². The number of rotatable bonds is 20. The van der Waals surface area contributed by atoms with E-state index in [4.69, 9.17) is 4.74 Å². The van der Waals surface area contributed by atoms with Gasteiger partial charge in [-0.1, -0.05) is 99.5 Å². The number of carbonyl (C=O) groups excluding carboxylic acids is 4. The van der Waals surface area contributed by atoms with Crippen LogP contribution >= 0.6 is 0 Å². The van der Waals surface area contributed by atoms with E-state index in [1.165, 1.54) is 0 Å². The molecule has 0 bridgehead atoms. The molecule has 1 amide bonds. The Balaban J connectivity index is 1.98. The average molecular weight is 855 g/mol. The van der Waals surface area contributed by atoms with Crippen LogP contribution in [0.4, 0.5) is 4.79 Å². The van der Waals surface area contributed by atoms with E-state index >= 15 is 0 Å². The summed E-state index contributed by atoms with van der Waals surface area (Å²) in [6.45, 7) is 39.5. The first-order chi connectivity index (χ1) is 27.6. The minimum Gasteiger partial charge on any atom is -0.449 e. The molecule has 0 aromatic carbocycles. The molecule has 2 N–H and O–H groups in total. The Morgan fingerprint density at radius 1 is 0.607 bits per heavy atom. The zero-order valence-corrected chi connectivity index (χ0v) is 42.8. The van der Waals surface area contributed by atoms with Crippen molar-refractivity contribution in [3.63, 3.8) is 0 Å². The topological polar surface area (TPSA) is 108 Å². The van der Waals surface area contributed by atoms with Crippen LogP contribution in [-0.4, -0.2) is 92.7 Å². The first-order valence-electron chi connectivity index (χ1n) is 23.8. The van der Waals surface area contributed by atoms with Crippen molar-refractivity contribution in [1.82, 2.24) is 20.4 Å². The second-order valence-corrected chi connectivity index (χ2v) is 24.8. The summed E-state index contributed by atoms with van der Waals surface area (Å²) in [7, 11) is 0. The zero-order chi connectivity index (χ0) is 46.9. The van der Waals surface area contributed by atoms with E-state index in [2.05, 4.69) is 123 Å². The van der Waals surface area contributed by atoms with Crippen molar-refractivity contribution < 1.29 is 23.9 Å². The fourth-order valence-corrected chi connectivity index (χ4v) is 10.1. The lowest BCUT2D eigenvalue weighted by Gasteiger charge is -2.47. The maximum absolute atomic E-state index is 14.3. The molecular formula is C52H94N4O5. The molecule has 9 nitrogen and oxygen atoms in total. The summed E-state index contributed by atoms with van der Waals surface area (Å²) < 4.78 is 5.66. The monoisotopic (exact) mass is 855 g/mol. The van der Waals surface area contributed by atoms with Crippen LogP contribution in [-0.2, 0) is 19.1 Å². The van der Waals surface area contributed by atoms with Gasteiger partial charge >= 0.3 is 6.09 Å². The highest BCUT2D eigenvalue weighted by Gasteiger charge is 2.53. The molecule has 3 atom stereocenters. The molecule has 61 heavy (non-hydrogen) atoms. The van der Waals surface area contributed by atoms with Crippen molar-refractivity contribution in [2.75, 3.05) is 26.2 Å². The third kappa shape index (κ3) is 16.3. The Morgan fingerprint density at radius 2 is 1.13 bits per heavy atom. The van der Waals surface area contributed by atoms with Gasteiger partial charge in [0.15, 0.2) is 17.3 Å². The molecule has 2 saturated heterocycles. The zero-order valence-electron chi connectivity index (χ0n) is 42.8. The van der Waals surface area contributed by atoms with Crippen molar-refractivity contribution in [2.24, 2.45) is 16.2 Å². The fraction of sp³-hybridized carbons (Fsp3) is 0.846. The Labute approximate surface area is 374 Å². The minimum atomic E-state index is -0.784. The molecule has 2 fully saturated rings. The second kappa shape index (κ2) is 21.1. The van der Waals surface area contributed by atoms with E-state index < -0.39 is 32.9 Å². The van der Waals surface area contributed by atoms with Crippen LogP contribution in [0.25, 0.3) is 0 Å². The van der Waals surface area contributed by atoms with E-state index in [-0.39, 0.29) is 40.9 Å². The standard InChI is InChI=1S/C52H94N4O5/c1-44(2,3)40(57)50(53-47(10,11)12,32-27-23-21-24-28-33-52(42(59)46(7,8)9)34-30-36-56(52)49(16,17)18)31-26-22-19-20-25-29-38-61-43(60)55-37-35-51(39-55,54-48(13,14)15)41(58)45(4,5)6/h20,24-25,28,53-54H,19,21-23,26-27,29-39H2,1-18H3/b25-20+,28-24+/t50?,51-,52-/m0/s1. The maximum Gasteiger partial charge on any atom is 0.409 e. The third-order valence-corrected chi connectivity index (χ3v) is 12.1. The highest BCUT2D eigenvalue weighted by molar-refractivity contribution is 5.95. The number of hydrogen-bond donors (Lipinski definition) is 2. The van der Waals surface area contributed by atoms with E-state index in [0.29, 0.717) is 31.7 Å². The number of unbranched alkanes of at least 4 members (excludes halogenated alkanes) is 4. The van der Waals surface area contributed by atoms with Gasteiger partial charge in [0.1, 0.15) is 0 Å². The number of ketones is 3. The van der Waals surface area contributed by atoms with Crippen LogP contribution in [0.2, 0.25) is 0 Å². The molecule has 352 valence electrons. The Kier molecular flexibility index (Phi) is 18.9. The molecule has 0 aliphatic carbocycles. The number of amides is 1. The fourth-order valence-electron chi connectivity index (χ4n) is 10.1. The van der Waals surface area contributed by atoms with Crippen LogP contribution in [0.3, 0.4) is 0 Å². The van der Waals surface area contributed by atoms with Gasteiger partial charge in [0.05, 0.1) is 23.2 Å². The summed E-state index contributed by atoms with van der Waals surface area (Å²) in [5.41, 5.74) is -3.85. The van der Waals surface area contributed by atoms with E-state index in [0.717, 1.165) is 77.2 Å². The normalized spacial score (nSPS) is 22.4. The van der Waals surface area contributed by atoms with Gasteiger partial charge in [-0.2, -0.15) is 0 Å². The number of hydrogen-bond acceptors (Lipinski definition) is 8. The van der Waals surface area contributed by atoms with Crippen LogP contribution in [0.15, 0.2) is 24.3 Å². The van der Waals surface area contributed by atoms with Crippen molar-refractivity contribution in [3.05, 3.63) is 24.3 Å². The predicted molar refractivity (Wildman–Crippen MR) is 255 cm³/mol. The molecule has 2 aliphatic rings. The van der Waals surface area contributed by atoms with Crippen LogP contribution in [0, 0.1) is 16.2 Å². The third-order valence-electron chi connectivity index (χ3n) is 12.1. The first-order valence-corrected chi connectivity index (χ1v) is 23.8. The molecule has 0 spiro atoms. The molecule has 2 aliphatic heterocycles. The molecule has 0 aromatic rings. The van der Waals surface area contributed by atoms with Gasteiger partial charge in [0, 0.05) is 46.0 Å². The van der Waals surface area contributed by atoms with E-state index in [1.54, 1.807) is 4.90 Å². The quantitative estimate of drug-likeness (QED) is 0.0921. The lowest BCUT2D eigenvalue weighted by molar-refractivity contribution is -0.140. The molecule has 9 heteroatoms. The SMILES string of the molecule is CC(C)(C)NC(CCCC/C=C/CCOC(=O)N1CC[C@@](NC(C)(C)C)(C(=O)C(C)(C)C)C1)(CCCC/C=C/C[C@@]1(C(=O)C(C)(C)C)CCCN1C(C)(C)C)C(=O)C(C)(C)C. The van der Waals surface area contributed by atoms with Crippen LogP contribution in [0.1, 0.15) is 208 Å². The van der Waals surface area contributed by atoms with Gasteiger partial charge in [-0.3, -0.25) is 24.6 Å². The molecule has 0 saturated carbocycles. The largest absolute Gasteiger partial charge is 0.449 e. The van der Waals surface area contributed by atoms with Gasteiger partial charge < -0.3 is 15.0 Å². The number of nitrogens with one attached hydrogen (secondary N) is 2. The van der Waals surface area contributed by atoms with E-state index in [9.17, 15) is 19.2 Å². The smallest absolute Gasteiger partial charge is 0.409 e. The summed E-state index contributed by atoms with van der Waals surface area (Å²) >= 11 is 0. The van der Waals surface area contributed by atoms with Crippen molar-refractivity contribution in [2.45, 2.75) is 241 Å². The number of Topliss-reactive ketones (excluding diaryl/α,β-unsaturated/α-hetero) is 3. The lowest BCUT2D eigenvalue weighted by atomic mass is 9.72. The minimum absolute atomic E-state index is 0.0785. The van der Waals surface area contributed by atoms with Gasteiger partial charge in [-0.15, -0.1) is 0 Å². The number of carbonyl (C=O) groups is 4. The highest BCUT2D eigenvalue weighted by atomic mass is 16.6. The molecular weight excluding hydrogens is 761 g/mol. The second-order valence-electron chi connectivity index (χ2n) is 24.8. The van der Waals surface area contributed by atoms with Gasteiger partial charge in [0.25, 0.3) is 0 Å². The molecule has 2 heterocycles. The molecule has 0 radical (unpaired) electrons.